The topological polar surface area (TPSA) is 67.2 Å². The normalized spacial score (nSPS) is 18.9. The Hall–Kier alpha value is -3.93. The van der Waals surface area contributed by atoms with Gasteiger partial charge < -0.3 is 14.8 Å². The number of benzene rings is 3. The van der Waals surface area contributed by atoms with Crippen LogP contribution in [-0.2, 0) is 22.6 Å². The van der Waals surface area contributed by atoms with E-state index in [4.69, 9.17) is 4.98 Å². The third kappa shape index (κ3) is 4.10. The van der Waals surface area contributed by atoms with Crippen LogP contribution in [0, 0.1) is 18.8 Å². The van der Waals surface area contributed by atoms with E-state index in [1.807, 2.05) is 6.07 Å². The Balaban J connectivity index is 1.19. The van der Waals surface area contributed by atoms with Crippen molar-refractivity contribution < 1.29 is 9.59 Å². The first kappa shape index (κ1) is 22.3. The first-order valence-corrected chi connectivity index (χ1v) is 13.3. The van der Waals surface area contributed by atoms with Crippen LogP contribution in [0.15, 0.2) is 60.7 Å². The molecule has 3 heterocycles. The summed E-state index contributed by atoms with van der Waals surface area (Å²) >= 11 is 0. The van der Waals surface area contributed by atoms with Crippen molar-refractivity contribution >= 4 is 28.5 Å². The molecular formula is C31H30N4O2. The fraction of sp³-hybridized carbons (Fsp3) is 0.323. The third-order valence-electron chi connectivity index (χ3n) is 8.08. The van der Waals surface area contributed by atoms with Crippen LogP contribution in [0.1, 0.15) is 30.4 Å². The molecule has 37 heavy (non-hydrogen) atoms. The minimum absolute atomic E-state index is 0.0546. The number of imidazole rings is 1. The number of likely N-dealkylation sites (tertiary alicyclic amines) is 1. The highest BCUT2D eigenvalue weighted by Crippen LogP contribution is 2.35. The molecule has 1 N–H and O–H groups in total. The first-order valence-electron chi connectivity index (χ1n) is 13.3. The van der Waals surface area contributed by atoms with E-state index in [0.717, 1.165) is 83.7 Å². The Morgan fingerprint density at radius 1 is 0.973 bits per heavy atom. The molecule has 186 valence electrons. The molecule has 0 spiro atoms. The molecule has 1 saturated carbocycles. The average molecular weight is 491 g/mol. The van der Waals surface area contributed by atoms with Crippen molar-refractivity contribution in [2.45, 2.75) is 39.2 Å². The van der Waals surface area contributed by atoms with Gasteiger partial charge in [-0.1, -0.05) is 36.4 Å². The van der Waals surface area contributed by atoms with Gasteiger partial charge in [-0.05, 0) is 78.6 Å². The summed E-state index contributed by atoms with van der Waals surface area (Å²) in [5.74, 6) is 2.10. The number of fused-ring (bicyclic) bond motifs is 2. The Kier molecular flexibility index (Phi) is 5.17. The number of nitrogens with one attached hydrogen (secondary N) is 1. The largest absolute Gasteiger partial charge is 0.342 e. The van der Waals surface area contributed by atoms with Gasteiger partial charge in [-0.15, -0.1) is 0 Å². The second-order valence-electron chi connectivity index (χ2n) is 10.9. The highest BCUT2D eigenvalue weighted by Gasteiger charge is 2.36. The molecule has 1 aromatic heterocycles. The van der Waals surface area contributed by atoms with Crippen LogP contribution in [0.5, 0.6) is 0 Å². The molecule has 4 aromatic rings. The molecule has 3 aliphatic rings. The van der Waals surface area contributed by atoms with Gasteiger partial charge in [-0.3, -0.25) is 9.59 Å². The Morgan fingerprint density at radius 3 is 2.57 bits per heavy atom. The Bertz CT molecular complexity index is 1550. The lowest BCUT2D eigenvalue weighted by atomic mass is 10.0. The van der Waals surface area contributed by atoms with Crippen LogP contribution >= 0.6 is 0 Å². The predicted octanol–water partition coefficient (Wildman–Crippen LogP) is 5.43. The molecule has 2 fully saturated rings. The molecule has 1 aliphatic carbocycles. The summed E-state index contributed by atoms with van der Waals surface area (Å²) in [7, 11) is 0. The van der Waals surface area contributed by atoms with Crippen molar-refractivity contribution in [3.05, 3.63) is 71.8 Å². The molecule has 0 radical (unpaired) electrons. The number of nitrogens with zero attached hydrogens (tertiary/aromatic N) is 3. The number of carbonyl (C=O) groups is 2. The van der Waals surface area contributed by atoms with Gasteiger partial charge in [0.05, 0.1) is 17.5 Å². The number of hydrogen-bond acceptors (Lipinski definition) is 3. The zero-order chi connectivity index (χ0) is 25.1. The summed E-state index contributed by atoms with van der Waals surface area (Å²) in [6.07, 6.45) is 3.60. The maximum Gasteiger partial charge on any atom is 0.228 e. The van der Waals surface area contributed by atoms with Crippen LogP contribution in [0.2, 0.25) is 0 Å². The molecule has 3 aromatic carbocycles. The van der Waals surface area contributed by atoms with E-state index in [0.29, 0.717) is 18.2 Å². The maximum atomic E-state index is 12.6. The van der Waals surface area contributed by atoms with E-state index in [-0.39, 0.29) is 11.8 Å². The molecule has 6 nitrogen and oxygen atoms in total. The minimum atomic E-state index is 0.0546. The number of rotatable bonds is 5. The molecular weight excluding hydrogens is 460 g/mol. The van der Waals surface area contributed by atoms with Crippen molar-refractivity contribution in [2.75, 3.05) is 18.4 Å². The molecule has 1 atom stereocenters. The summed E-state index contributed by atoms with van der Waals surface area (Å²) in [5.41, 5.74) is 8.64. The number of anilines is 1. The molecule has 0 unspecified atom stereocenters. The fourth-order valence-corrected chi connectivity index (χ4v) is 5.89. The lowest BCUT2D eigenvalue weighted by molar-refractivity contribution is -0.131. The monoisotopic (exact) mass is 490 g/mol. The molecule has 2 amide bonds. The molecule has 6 heteroatoms. The van der Waals surface area contributed by atoms with Gasteiger partial charge in [0.25, 0.3) is 0 Å². The van der Waals surface area contributed by atoms with Gasteiger partial charge >= 0.3 is 0 Å². The zero-order valence-electron chi connectivity index (χ0n) is 21.0. The van der Waals surface area contributed by atoms with Crippen LogP contribution in [0.3, 0.4) is 0 Å². The van der Waals surface area contributed by atoms with Gasteiger partial charge in [0.15, 0.2) is 0 Å². The van der Waals surface area contributed by atoms with Crippen LogP contribution in [-0.4, -0.2) is 39.4 Å². The first-order chi connectivity index (χ1) is 18.0. The summed E-state index contributed by atoms with van der Waals surface area (Å²) in [4.78, 5) is 31.5. The highest BCUT2D eigenvalue weighted by molar-refractivity contribution is 5.99. The number of amides is 2. The highest BCUT2D eigenvalue weighted by atomic mass is 16.2. The van der Waals surface area contributed by atoms with Crippen LogP contribution in [0.25, 0.3) is 33.5 Å². The van der Waals surface area contributed by atoms with Gasteiger partial charge in [0, 0.05) is 36.8 Å². The number of aryl methyl sites for hydroxylation is 1. The van der Waals surface area contributed by atoms with Crippen LogP contribution < -0.4 is 5.32 Å². The van der Waals surface area contributed by atoms with E-state index in [1.165, 1.54) is 5.56 Å². The van der Waals surface area contributed by atoms with Crippen molar-refractivity contribution in [3.8, 4) is 22.5 Å². The molecule has 0 bridgehead atoms. The number of aromatic nitrogens is 2. The van der Waals surface area contributed by atoms with Gasteiger partial charge in [0.2, 0.25) is 11.8 Å². The van der Waals surface area contributed by atoms with E-state index < -0.39 is 0 Å². The summed E-state index contributed by atoms with van der Waals surface area (Å²) in [6, 6.07) is 21.2. The smallest absolute Gasteiger partial charge is 0.228 e. The second-order valence-corrected chi connectivity index (χ2v) is 10.9. The van der Waals surface area contributed by atoms with E-state index in [9.17, 15) is 9.59 Å². The SMILES string of the molecule is Cc1ccc2c(c1)nc(-c1ccc(-c3ccc4c(c3)CC(=O)N4)cc1)n2C[C@@H]1CCN(C(=O)C2CC2)C1. The van der Waals surface area contributed by atoms with E-state index in [1.54, 1.807) is 0 Å². The lowest BCUT2D eigenvalue weighted by Gasteiger charge is -2.18. The van der Waals surface area contributed by atoms with E-state index in [2.05, 4.69) is 76.3 Å². The molecule has 1 saturated heterocycles. The zero-order valence-corrected chi connectivity index (χ0v) is 21.0. The quantitative estimate of drug-likeness (QED) is 0.406. The predicted molar refractivity (Wildman–Crippen MR) is 145 cm³/mol. The van der Waals surface area contributed by atoms with Crippen molar-refractivity contribution in [3.63, 3.8) is 0 Å². The van der Waals surface area contributed by atoms with Gasteiger partial charge in [-0.2, -0.15) is 0 Å². The average Bonchev–Trinajstić information content (AvgIpc) is 3.37. The minimum Gasteiger partial charge on any atom is -0.342 e. The van der Waals surface area contributed by atoms with Crippen LogP contribution in [0.4, 0.5) is 5.69 Å². The maximum absolute atomic E-state index is 12.6. The van der Waals surface area contributed by atoms with Crippen molar-refractivity contribution in [1.82, 2.24) is 14.5 Å². The van der Waals surface area contributed by atoms with Crippen molar-refractivity contribution in [2.24, 2.45) is 11.8 Å². The molecule has 7 rings (SSSR count). The summed E-state index contributed by atoms with van der Waals surface area (Å²) < 4.78 is 2.35. The summed E-state index contributed by atoms with van der Waals surface area (Å²) in [5, 5.41) is 2.90. The summed E-state index contributed by atoms with van der Waals surface area (Å²) in [6.45, 7) is 4.68. The number of carbonyl (C=O) groups excluding carboxylic acids is 2. The Labute approximate surface area is 216 Å². The van der Waals surface area contributed by atoms with Gasteiger partial charge in [-0.25, -0.2) is 4.98 Å². The van der Waals surface area contributed by atoms with E-state index >= 15 is 0 Å². The fourth-order valence-electron chi connectivity index (χ4n) is 5.89. The number of hydrogen-bond donors (Lipinski definition) is 1. The van der Waals surface area contributed by atoms with Gasteiger partial charge in [0.1, 0.15) is 5.82 Å². The standard InChI is InChI=1S/C31H30N4O2/c1-19-2-11-28-27(14-19)33-30(35(28)18-20-12-13-34(17-20)31(37)23-7-8-23)22-5-3-21(4-6-22)24-9-10-26-25(15-24)16-29(36)32-26/h2-6,9-11,14-15,20,23H,7-8,12-13,16-18H2,1H3,(H,32,36)/t20-/m1/s1. The third-order valence-corrected chi connectivity index (χ3v) is 8.08. The lowest BCUT2D eigenvalue weighted by Crippen LogP contribution is -2.30. The van der Waals surface area contributed by atoms with Crippen molar-refractivity contribution in [1.29, 1.82) is 0 Å². The second kappa shape index (κ2) is 8.58. The Morgan fingerprint density at radius 2 is 1.76 bits per heavy atom. The molecule has 2 aliphatic heterocycles.